The molecule has 21 heavy (non-hydrogen) atoms. The Morgan fingerprint density at radius 1 is 1.14 bits per heavy atom. The van der Waals surface area contributed by atoms with E-state index in [1.54, 1.807) is 36.4 Å². The first-order valence-electron chi connectivity index (χ1n) is 6.39. The predicted octanol–water partition coefficient (Wildman–Crippen LogP) is 1.98. The van der Waals surface area contributed by atoms with Crippen LogP contribution in [0.1, 0.15) is 21.5 Å². The van der Waals surface area contributed by atoms with E-state index < -0.39 is 10.8 Å². The van der Waals surface area contributed by atoms with E-state index in [0.29, 0.717) is 24.2 Å². The van der Waals surface area contributed by atoms with Crippen molar-refractivity contribution in [2.45, 2.75) is 13.1 Å². The lowest BCUT2D eigenvalue weighted by molar-refractivity contribution is -0.385. The molecule has 0 saturated heterocycles. The van der Waals surface area contributed by atoms with E-state index in [1.165, 1.54) is 6.07 Å². The summed E-state index contributed by atoms with van der Waals surface area (Å²) >= 11 is 0. The van der Waals surface area contributed by atoms with Crippen molar-refractivity contribution in [2.24, 2.45) is 5.73 Å². The Morgan fingerprint density at radius 3 is 2.62 bits per heavy atom. The van der Waals surface area contributed by atoms with Gasteiger partial charge in [-0.25, -0.2) is 0 Å². The molecule has 0 aromatic heterocycles. The van der Waals surface area contributed by atoms with Gasteiger partial charge in [-0.3, -0.25) is 14.9 Å². The van der Waals surface area contributed by atoms with Crippen molar-refractivity contribution in [3.05, 3.63) is 75.3 Å². The molecule has 0 spiro atoms. The van der Waals surface area contributed by atoms with Crippen LogP contribution in [-0.4, -0.2) is 10.8 Å². The lowest BCUT2D eigenvalue weighted by atomic mass is 10.1. The van der Waals surface area contributed by atoms with Gasteiger partial charge in [-0.15, -0.1) is 0 Å². The summed E-state index contributed by atoms with van der Waals surface area (Å²) in [6, 6.07) is 13.6. The van der Waals surface area contributed by atoms with Crippen LogP contribution < -0.4 is 11.1 Å². The van der Waals surface area contributed by atoms with Crippen LogP contribution >= 0.6 is 0 Å². The highest BCUT2D eigenvalue weighted by Crippen LogP contribution is 2.17. The molecule has 6 heteroatoms. The van der Waals surface area contributed by atoms with Gasteiger partial charge in [-0.2, -0.15) is 0 Å². The van der Waals surface area contributed by atoms with Gasteiger partial charge < -0.3 is 11.1 Å². The fourth-order valence-electron chi connectivity index (χ4n) is 2.01. The summed E-state index contributed by atoms with van der Waals surface area (Å²) in [5, 5.41) is 14.0. The Balaban J connectivity index is 2.00. The van der Waals surface area contributed by atoms with Gasteiger partial charge in [0.1, 0.15) is 0 Å². The number of nitro benzene ring substituents is 1. The van der Waals surface area contributed by atoms with Crippen LogP contribution in [0.2, 0.25) is 0 Å². The first kappa shape index (κ1) is 14.7. The van der Waals surface area contributed by atoms with Crippen LogP contribution in [-0.2, 0) is 13.1 Å². The highest BCUT2D eigenvalue weighted by molar-refractivity contribution is 5.92. The molecule has 0 aliphatic heterocycles. The van der Waals surface area contributed by atoms with Crippen LogP contribution in [0.4, 0.5) is 5.69 Å². The Kier molecular flexibility index (Phi) is 4.63. The third-order valence-electron chi connectivity index (χ3n) is 3.04. The van der Waals surface area contributed by atoms with Gasteiger partial charge in [0, 0.05) is 30.3 Å². The standard InChI is InChI=1S/C15H15N3O3/c16-15(19)12-6-3-4-11(8-12)9-17-10-13-5-1-2-7-14(13)18(20)21/h1-8,17H,9-10H2,(H2,16,19). The SMILES string of the molecule is NC(=O)c1cccc(CNCc2ccccc2[N+](=O)[O-])c1. The maximum absolute atomic E-state index is 11.1. The zero-order valence-corrected chi connectivity index (χ0v) is 11.3. The largest absolute Gasteiger partial charge is 0.366 e. The van der Waals surface area contributed by atoms with Crippen molar-refractivity contribution >= 4 is 11.6 Å². The summed E-state index contributed by atoms with van der Waals surface area (Å²) in [6.45, 7) is 0.866. The molecule has 3 N–H and O–H groups in total. The summed E-state index contributed by atoms with van der Waals surface area (Å²) < 4.78 is 0. The Bertz CT molecular complexity index is 671. The molecule has 2 rings (SSSR count). The second-order valence-electron chi connectivity index (χ2n) is 4.55. The monoisotopic (exact) mass is 285 g/mol. The summed E-state index contributed by atoms with van der Waals surface area (Å²) in [5.41, 5.74) is 7.27. The molecule has 0 radical (unpaired) electrons. The lowest BCUT2D eigenvalue weighted by Gasteiger charge is -2.06. The molecule has 0 saturated carbocycles. The zero-order valence-electron chi connectivity index (χ0n) is 11.3. The van der Waals surface area contributed by atoms with Crippen LogP contribution in [0.5, 0.6) is 0 Å². The topological polar surface area (TPSA) is 98.3 Å². The number of carbonyl (C=O) groups is 1. The number of hydrogen-bond donors (Lipinski definition) is 2. The second kappa shape index (κ2) is 6.62. The van der Waals surface area contributed by atoms with Crippen LogP contribution in [0, 0.1) is 10.1 Å². The van der Waals surface area contributed by atoms with Crippen molar-refractivity contribution in [2.75, 3.05) is 0 Å². The van der Waals surface area contributed by atoms with Gasteiger partial charge in [0.2, 0.25) is 5.91 Å². The highest BCUT2D eigenvalue weighted by Gasteiger charge is 2.11. The number of benzene rings is 2. The van der Waals surface area contributed by atoms with Crippen LogP contribution in [0.3, 0.4) is 0 Å². The number of nitrogens with two attached hydrogens (primary N) is 1. The van der Waals surface area contributed by atoms with Crippen molar-refractivity contribution < 1.29 is 9.72 Å². The third kappa shape index (κ3) is 3.87. The minimum Gasteiger partial charge on any atom is -0.366 e. The van der Waals surface area contributed by atoms with Gasteiger partial charge in [0.05, 0.1) is 4.92 Å². The average Bonchev–Trinajstić information content (AvgIpc) is 2.48. The van der Waals surface area contributed by atoms with E-state index in [1.807, 2.05) is 6.07 Å². The number of para-hydroxylation sites is 1. The number of amides is 1. The fraction of sp³-hybridized carbons (Fsp3) is 0.133. The summed E-state index contributed by atoms with van der Waals surface area (Å²) in [7, 11) is 0. The molecule has 2 aromatic carbocycles. The van der Waals surface area contributed by atoms with E-state index in [2.05, 4.69) is 5.32 Å². The summed E-state index contributed by atoms with van der Waals surface area (Å²) in [5.74, 6) is -0.476. The highest BCUT2D eigenvalue weighted by atomic mass is 16.6. The molecule has 0 atom stereocenters. The maximum Gasteiger partial charge on any atom is 0.273 e. The molecule has 108 valence electrons. The first-order valence-corrected chi connectivity index (χ1v) is 6.39. The van der Waals surface area contributed by atoms with Crippen LogP contribution in [0.25, 0.3) is 0 Å². The van der Waals surface area contributed by atoms with Gasteiger partial charge in [-0.1, -0.05) is 30.3 Å². The van der Waals surface area contributed by atoms with Crippen molar-refractivity contribution in [1.29, 1.82) is 0 Å². The zero-order chi connectivity index (χ0) is 15.2. The number of nitro groups is 1. The maximum atomic E-state index is 11.1. The van der Waals surface area contributed by atoms with E-state index in [0.717, 1.165) is 5.56 Å². The van der Waals surface area contributed by atoms with Crippen molar-refractivity contribution in [3.63, 3.8) is 0 Å². The molecule has 0 unspecified atom stereocenters. The summed E-state index contributed by atoms with van der Waals surface area (Å²) in [4.78, 5) is 21.6. The normalized spacial score (nSPS) is 10.3. The van der Waals surface area contributed by atoms with Crippen molar-refractivity contribution in [1.82, 2.24) is 5.32 Å². The smallest absolute Gasteiger partial charge is 0.273 e. The third-order valence-corrected chi connectivity index (χ3v) is 3.04. The molecule has 2 aromatic rings. The first-order chi connectivity index (χ1) is 10.1. The molecule has 0 bridgehead atoms. The molecule has 1 amide bonds. The fourth-order valence-corrected chi connectivity index (χ4v) is 2.01. The number of primary amides is 1. The van der Waals surface area contributed by atoms with E-state index in [9.17, 15) is 14.9 Å². The Hall–Kier alpha value is -2.73. The van der Waals surface area contributed by atoms with E-state index in [4.69, 9.17) is 5.73 Å². The second-order valence-corrected chi connectivity index (χ2v) is 4.55. The number of nitrogens with zero attached hydrogens (tertiary/aromatic N) is 1. The van der Waals surface area contributed by atoms with Gasteiger partial charge >= 0.3 is 0 Å². The summed E-state index contributed by atoms with van der Waals surface area (Å²) in [6.07, 6.45) is 0. The van der Waals surface area contributed by atoms with E-state index in [-0.39, 0.29) is 5.69 Å². The number of hydrogen-bond acceptors (Lipinski definition) is 4. The quantitative estimate of drug-likeness (QED) is 0.626. The van der Waals surface area contributed by atoms with Gasteiger partial charge in [0.15, 0.2) is 0 Å². The molecule has 0 fully saturated rings. The number of nitrogens with one attached hydrogen (secondary N) is 1. The van der Waals surface area contributed by atoms with Crippen LogP contribution in [0.15, 0.2) is 48.5 Å². The van der Waals surface area contributed by atoms with Gasteiger partial charge in [0.25, 0.3) is 5.69 Å². The molecule has 0 aliphatic rings. The van der Waals surface area contributed by atoms with Gasteiger partial charge in [-0.05, 0) is 17.7 Å². The number of carbonyl (C=O) groups excluding carboxylic acids is 1. The molecule has 6 nitrogen and oxygen atoms in total. The predicted molar refractivity (Wildman–Crippen MR) is 78.6 cm³/mol. The Labute approximate surface area is 121 Å². The number of rotatable bonds is 6. The minimum atomic E-state index is -0.476. The average molecular weight is 285 g/mol. The Morgan fingerprint density at radius 2 is 1.90 bits per heavy atom. The minimum absolute atomic E-state index is 0.0934. The molecular formula is C15H15N3O3. The molecular weight excluding hydrogens is 270 g/mol. The molecule has 0 heterocycles. The van der Waals surface area contributed by atoms with E-state index >= 15 is 0 Å². The lowest BCUT2D eigenvalue weighted by Crippen LogP contribution is -2.15. The van der Waals surface area contributed by atoms with Crippen molar-refractivity contribution in [3.8, 4) is 0 Å². The molecule has 0 aliphatic carbocycles.